The Balaban J connectivity index is 4.99. The van der Waals surface area contributed by atoms with Crippen molar-refractivity contribution in [1.29, 1.82) is 5.41 Å². The van der Waals surface area contributed by atoms with Gasteiger partial charge in [0.05, 0.1) is 17.3 Å². The standard InChI is InChI=1S/C19H32N4O5S/c1-12(2)28-19(27)17(9-8-15(25)11-20)23-18(26)16(22-14(4)29)7-5-6-10-21-13(3)24/h11-12,16-17,20H,5-10H2,1-4H3,(H,21,24)(H,22,29)(H,23,26)/t16-,17-/m0/s1. The van der Waals surface area contributed by atoms with Gasteiger partial charge in [0.1, 0.15) is 12.1 Å². The molecule has 2 amide bonds. The van der Waals surface area contributed by atoms with Crippen molar-refractivity contribution in [3.63, 3.8) is 0 Å². The maximum absolute atomic E-state index is 12.7. The minimum absolute atomic E-state index is 0.0390. The molecule has 0 fully saturated rings. The summed E-state index contributed by atoms with van der Waals surface area (Å²) in [6, 6.07) is -1.65. The van der Waals surface area contributed by atoms with Crippen LogP contribution in [0.15, 0.2) is 0 Å². The molecule has 0 radical (unpaired) electrons. The fourth-order valence-electron chi connectivity index (χ4n) is 2.45. The summed E-state index contributed by atoms with van der Waals surface area (Å²) in [6.07, 6.45) is 2.09. The van der Waals surface area contributed by atoms with Crippen LogP contribution in [0.4, 0.5) is 0 Å². The number of ketones is 1. The third-order valence-corrected chi connectivity index (χ3v) is 3.90. The van der Waals surface area contributed by atoms with Crippen LogP contribution in [-0.2, 0) is 23.9 Å². The summed E-state index contributed by atoms with van der Waals surface area (Å²) in [6.45, 7) is 6.98. The van der Waals surface area contributed by atoms with Gasteiger partial charge in [-0.05, 0) is 46.5 Å². The van der Waals surface area contributed by atoms with Crippen LogP contribution in [0.25, 0.3) is 0 Å². The van der Waals surface area contributed by atoms with Crippen molar-refractivity contribution in [3.05, 3.63) is 0 Å². The fraction of sp³-hybridized carbons (Fsp3) is 0.684. The molecule has 0 saturated carbocycles. The van der Waals surface area contributed by atoms with E-state index in [-0.39, 0.29) is 24.9 Å². The molecule has 0 saturated heterocycles. The molecule has 0 aliphatic carbocycles. The molecule has 0 rings (SSSR count). The van der Waals surface area contributed by atoms with E-state index in [0.29, 0.717) is 37.0 Å². The lowest BCUT2D eigenvalue weighted by atomic mass is 10.1. The highest BCUT2D eigenvalue weighted by atomic mass is 32.1. The first-order valence-corrected chi connectivity index (χ1v) is 10.0. The molecule has 0 aliphatic rings. The molecule has 4 N–H and O–H groups in total. The molecule has 0 spiro atoms. The first kappa shape index (κ1) is 26.6. The van der Waals surface area contributed by atoms with Crippen LogP contribution in [0.5, 0.6) is 0 Å². The molecule has 0 aromatic rings. The predicted molar refractivity (Wildman–Crippen MR) is 114 cm³/mol. The zero-order chi connectivity index (χ0) is 22.4. The molecule has 0 aromatic carbocycles. The Hall–Kier alpha value is -2.36. The highest BCUT2D eigenvalue weighted by Gasteiger charge is 2.27. The number of carbonyl (C=O) groups excluding carboxylic acids is 4. The van der Waals surface area contributed by atoms with Crippen molar-refractivity contribution < 1.29 is 23.9 Å². The lowest BCUT2D eigenvalue weighted by molar-refractivity contribution is -0.151. The number of rotatable bonds is 14. The smallest absolute Gasteiger partial charge is 0.328 e. The van der Waals surface area contributed by atoms with Crippen molar-refractivity contribution in [2.75, 3.05) is 6.54 Å². The number of unbranched alkanes of at least 4 members (excludes halogenated alkanes) is 1. The van der Waals surface area contributed by atoms with Gasteiger partial charge in [-0.15, -0.1) is 0 Å². The summed E-state index contributed by atoms with van der Waals surface area (Å²) < 4.78 is 5.17. The van der Waals surface area contributed by atoms with E-state index in [2.05, 4.69) is 16.0 Å². The number of hydrogen-bond acceptors (Lipinski definition) is 7. The second kappa shape index (κ2) is 14.6. The van der Waals surface area contributed by atoms with Gasteiger partial charge in [0.15, 0.2) is 5.78 Å². The van der Waals surface area contributed by atoms with Gasteiger partial charge in [0, 0.05) is 19.9 Å². The Bertz CT molecular complexity index is 609. The Morgan fingerprint density at radius 3 is 2.21 bits per heavy atom. The van der Waals surface area contributed by atoms with Crippen molar-refractivity contribution in [3.8, 4) is 0 Å². The molecular formula is C19H32N4O5S. The number of esters is 1. The van der Waals surface area contributed by atoms with E-state index in [9.17, 15) is 19.2 Å². The van der Waals surface area contributed by atoms with Gasteiger partial charge in [-0.2, -0.15) is 0 Å². The van der Waals surface area contributed by atoms with Crippen molar-refractivity contribution in [2.45, 2.75) is 78.0 Å². The lowest BCUT2D eigenvalue weighted by Gasteiger charge is -2.23. The normalized spacial score (nSPS) is 12.4. The predicted octanol–water partition coefficient (Wildman–Crippen LogP) is 1.03. The van der Waals surface area contributed by atoms with E-state index in [1.165, 1.54) is 6.92 Å². The van der Waals surface area contributed by atoms with E-state index in [0.717, 1.165) is 0 Å². The van der Waals surface area contributed by atoms with Crippen molar-refractivity contribution >= 4 is 47.0 Å². The number of thiocarbonyl (C=S) groups is 1. The molecule has 0 aliphatic heterocycles. The van der Waals surface area contributed by atoms with E-state index >= 15 is 0 Å². The van der Waals surface area contributed by atoms with Gasteiger partial charge >= 0.3 is 5.97 Å². The summed E-state index contributed by atoms with van der Waals surface area (Å²) >= 11 is 5.04. The third-order valence-electron chi connectivity index (χ3n) is 3.78. The van der Waals surface area contributed by atoms with Crippen LogP contribution in [0.1, 0.15) is 59.8 Å². The number of carbonyl (C=O) groups is 4. The molecule has 10 heteroatoms. The number of hydrogen-bond donors (Lipinski definition) is 4. The zero-order valence-corrected chi connectivity index (χ0v) is 18.3. The van der Waals surface area contributed by atoms with Gasteiger partial charge < -0.3 is 26.1 Å². The van der Waals surface area contributed by atoms with Crippen LogP contribution in [0, 0.1) is 5.41 Å². The van der Waals surface area contributed by atoms with Crippen LogP contribution >= 0.6 is 12.2 Å². The number of amides is 2. The third kappa shape index (κ3) is 13.4. The van der Waals surface area contributed by atoms with Crippen LogP contribution < -0.4 is 16.0 Å². The van der Waals surface area contributed by atoms with Gasteiger partial charge in [-0.1, -0.05) is 12.2 Å². The van der Waals surface area contributed by atoms with Gasteiger partial charge in [0.25, 0.3) is 0 Å². The highest BCUT2D eigenvalue weighted by molar-refractivity contribution is 7.80. The summed E-state index contributed by atoms with van der Waals surface area (Å²) in [4.78, 5) is 47.8. The topological polar surface area (TPSA) is 137 Å². The molecule has 9 nitrogen and oxygen atoms in total. The second-order valence-corrected chi connectivity index (χ2v) is 7.54. The largest absolute Gasteiger partial charge is 0.461 e. The molecule has 164 valence electrons. The second-order valence-electron chi connectivity index (χ2n) is 6.93. The van der Waals surface area contributed by atoms with E-state index < -0.39 is 29.7 Å². The highest BCUT2D eigenvalue weighted by Crippen LogP contribution is 2.07. The average molecular weight is 429 g/mol. The Kier molecular flexibility index (Phi) is 13.4. The quantitative estimate of drug-likeness (QED) is 0.140. The lowest BCUT2D eigenvalue weighted by Crippen LogP contribution is -2.51. The molecule has 0 heterocycles. The number of Topliss-reactive ketones (excluding diaryl/α,β-unsaturated/α-hetero) is 1. The van der Waals surface area contributed by atoms with E-state index in [4.69, 9.17) is 22.4 Å². The SMILES string of the molecule is CC(=O)NCCCC[C@H](NC(C)=S)C(=O)N[C@@H](CCC(=O)C=N)C(=O)OC(C)C. The minimum atomic E-state index is -0.997. The Morgan fingerprint density at radius 2 is 1.69 bits per heavy atom. The summed E-state index contributed by atoms with van der Waals surface area (Å²) in [5, 5.41) is 15.2. The van der Waals surface area contributed by atoms with Gasteiger partial charge in [-0.3, -0.25) is 14.4 Å². The maximum atomic E-state index is 12.7. The van der Waals surface area contributed by atoms with Crippen molar-refractivity contribution in [1.82, 2.24) is 16.0 Å². The molecule has 0 bridgehead atoms. The molecule has 29 heavy (non-hydrogen) atoms. The Labute approximate surface area is 177 Å². The Morgan fingerprint density at radius 1 is 1.03 bits per heavy atom. The fourth-order valence-corrected chi connectivity index (χ4v) is 2.59. The molecular weight excluding hydrogens is 396 g/mol. The van der Waals surface area contributed by atoms with Crippen molar-refractivity contribution in [2.24, 2.45) is 0 Å². The van der Waals surface area contributed by atoms with Gasteiger partial charge in [-0.25, -0.2) is 4.79 Å². The molecule has 0 unspecified atom stereocenters. The molecule has 0 aromatic heterocycles. The summed E-state index contributed by atoms with van der Waals surface area (Å²) in [7, 11) is 0. The van der Waals surface area contributed by atoms with Crippen LogP contribution in [0.2, 0.25) is 0 Å². The zero-order valence-electron chi connectivity index (χ0n) is 17.5. The summed E-state index contributed by atoms with van der Waals surface area (Å²) in [5.41, 5.74) is 0. The minimum Gasteiger partial charge on any atom is -0.461 e. The first-order valence-electron chi connectivity index (χ1n) is 9.62. The number of nitrogens with one attached hydrogen (secondary N) is 4. The van der Waals surface area contributed by atoms with E-state index in [1.54, 1.807) is 20.8 Å². The van der Waals surface area contributed by atoms with Crippen LogP contribution in [0.3, 0.4) is 0 Å². The molecule has 2 atom stereocenters. The summed E-state index contributed by atoms with van der Waals surface area (Å²) in [5.74, 6) is -1.61. The monoisotopic (exact) mass is 428 g/mol. The van der Waals surface area contributed by atoms with Crippen LogP contribution in [-0.4, -0.2) is 59.5 Å². The first-order chi connectivity index (χ1) is 13.6. The maximum Gasteiger partial charge on any atom is 0.328 e. The number of ether oxygens (including phenoxy) is 1. The average Bonchev–Trinajstić information content (AvgIpc) is 2.61. The van der Waals surface area contributed by atoms with E-state index in [1.807, 2.05) is 0 Å². The van der Waals surface area contributed by atoms with Gasteiger partial charge in [0.2, 0.25) is 11.8 Å².